The number of hydrogen-bond acceptors (Lipinski definition) is 6. The van der Waals surface area contributed by atoms with Crippen LogP contribution in [0.2, 0.25) is 0 Å². The van der Waals surface area contributed by atoms with Crippen LogP contribution in [0.15, 0.2) is 14.8 Å². The van der Waals surface area contributed by atoms with E-state index in [4.69, 9.17) is 10.1 Å². The van der Waals surface area contributed by atoms with Crippen molar-refractivity contribution in [3.05, 3.63) is 33.7 Å². The van der Waals surface area contributed by atoms with Crippen LogP contribution in [0.5, 0.6) is 0 Å². The third-order valence-electron chi connectivity index (χ3n) is 5.41. The molecule has 0 saturated heterocycles. The van der Waals surface area contributed by atoms with E-state index in [1.807, 2.05) is 0 Å². The molecule has 1 atom stereocenters. The summed E-state index contributed by atoms with van der Waals surface area (Å²) in [5.74, 6) is 0.409. The number of urea groups is 1. The number of aromatic nitrogens is 2. The number of nitrogens with zero attached hydrogens (tertiary/aromatic N) is 3. The van der Waals surface area contributed by atoms with Gasteiger partial charge in [0.15, 0.2) is 9.92 Å². The number of aryl methyl sites for hydroxylation is 2. The van der Waals surface area contributed by atoms with Crippen molar-refractivity contribution >= 4 is 33.0 Å². The second kappa shape index (κ2) is 7.67. The molecule has 4 rings (SSSR count). The first-order chi connectivity index (χ1) is 14.1. The lowest BCUT2D eigenvalue weighted by molar-refractivity contribution is 0.0783. The van der Waals surface area contributed by atoms with Crippen LogP contribution in [-0.4, -0.2) is 25.3 Å². The summed E-state index contributed by atoms with van der Waals surface area (Å²) in [7, 11) is -3.47. The first kappa shape index (κ1) is 21.4. The van der Waals surface area contributed by atoms with Crippen LogP contribution in [0.4, 0.5) is 10.5 Å². The van der Waals surface area contributed by atoms with Crippen LogP contribution in [0.3, 0.4) is 0 Å². The van der Waals surface area contributed by atoms with E-state index < -0.39 is 21.5 Å². The van der Waals surface area contributed by atoms with E-state index in [9.17, 15) is 14.1 Å². The Bertz CT molecular complexity index is 1120. The number of amides is 2. The van der Waals surface area contributed by atoms with E-state index in [2.05, 4.69) is 21.6 Å². The quantitative estimate of drug-likeness (QED) is 0.641. The molecule has 0 spiro atoms. The van der Waals surface area contributed by atoms with Gasteiger partial charge in [-0.25, -0.2) is 19.1 Å². The van der Waals surface area contributed by atoms with Crippen molar-refractivity contribution < 1.29 is 14.1 Å². The zero-order valence-electron chi connectivity index (χ0n) is 17.4. The Balaban J connectivity index is 1.68. The third-order valence-corrected chi connectivity index (χ3v) is 8.60. The van der Waals surface area contributed by atoms with Gasteiger partial charge >= 0.3 is 6.03 Å². The lowest BCUT2D eigenvalue weighted by Gasteiger charge is -2.17. The Labute approximate surface area is 180 Å². The molecule has 4 N–H and O–H groups in total. The minimum Gasteiger partial charge on any atom is -0.383 e. The number of pyridine rings is 1. The van der Waals surface area contributed by atoms with Gasteiger partial charge in [-0.15, -0.1) is 15.7 Å². The molecule has 30 heavy (non-hydrogen) atoms. The Morgan fingerprint density at radius 1 is 1.43 bits per heavy atom. The summed E-state index contributed by atoms with van der Waals surface area (Å²) in [5, 5.41) is 19.2. The summed E-state index contributed by atoms with van der Waals surface area (Å²) >= 11 is 0.994. The maximum absolute atomic E-state index is 12.9. The number of carbonyl (C=O) groups is 1. The summed E-state index contributed by atoms with van der Waals surface area (Å²) < 4.78 is 16.9. The average Bonchev–Trinajstić information content (AvgIpc) is 3.16. The van der Waals surface area contributed by atoms with Crippen molar-refractivity contribution in [1.29, 1.82) is 0 Å². The number of hydrogen-bond donors (Lipinski definition) is 3. The molecule has 1 saturated carbocycles. The first-order valence-electron chi connectivity index (χ1n) is 10.2. The molecule has 10 heteroatoms. The maximum atomic E-state index is 12.9. The molecular formula is C20H27N5O3S2. The number of thiazole rings is 1. The normalized spacial score (nSPS) is 18.0. The molecule has 2 aromatic heterocycles. The fourth-order valence-electron chi connectivity index (χ4n) is 3.85. The molecule has 2 heterocycles. The van der Waals surface area contributed by atoms with Gasteiger partial charge in [0.1, 0.15) is 14.8 Å². The van der Waals surface area contributed by atoms with Crippen molar-refractivity contribution in [2.45, 2.75) is 75.0 Å². The van der Waals surface area contributed by atoms with Crippen LogP contribution in [0.1, 0.15) is 73.5 Å². The van der Waals surface area contributed by atoms with Crippen molar-refractivity contribution in [3.8, 4) is 0 Å². The number of aliphatic hydroxyl groups is 1. The van der Waals surface area contributed by atoms with Gasteiger partial charge in [0.2, 0.25) is 0 Å². The van der Waals surface area contributed by atoms with E-state index >= 15 is 0 Å². The Morgan fingerprint density at radius 2 is 2.17 bits per heavy atom. The van der Waals surface area contributed by atoms with E-state index in [-0.39, 0.29) is 4.21 Å². The maximum Gasteiger partial charge on any atom is 0.354 e. The number of nitrogens with two attached hydrogens (primary N) is 1. The van der Waals surface area contributed by atoms with Gasteiger partial charge in [-0.05, 0) is 63.9 Å². The van der Waals surface area contributed by atoms with Crippen LogP contribution in [0.25, 0.3) is 0 Å². The largest absolute Gasteiger partial charge is 0.383 e. The zero-order chi connectivity index (χ0) is 21.7. The van der Waals surface area contributed by atoms with Crippen molar-refractivity contribution in [2.24, 2.45) is 9.50 Å². The van der Waals surface area contributed by atoms with Gasteiger partial charge in [-0.2, -0.15) is 0 Å². The highest BCUT2D eigenvalue weighted by atomic mass is 32.2. The van der Waals surface area contributed by atoms with E-state index in [1.54, 1.807) is 13.8 Å². The molecule has 2 aromatic rings. The smallest absolute Gasteiger partial charge is 0.354 e. The number of carbonyl (C=O) groups excluding carboxylic acids is 1. The molecule has 0 aliphatic heterocycles. The lowest BCUT2D eigenvalue weighted by atomic mass is 9.99. The van der Waals surface area contributed by atoms with E-state index in [0.717, 1.165) is 78.1 Å². The minimum absolute atomic E-state index is 0.159. The second-order valence-corrected chi connectivity index (χ2v) is 11.4. The van der Waals surface area contributed by atoms with Gasteiger partial charge in [0, 0.05) is 17.0 Å². The topological polar surface area (TPSA) is 131 Å². The van der Waals surface area contributed by atoms with Crippen LogP contribution in [0, 0.1) is 0 Å². The molecule has 1 fully saturated rings. The predicted molar refractivity (Wildman–Crippen MR) is 117 cm³/mol. The number of rotatable bonds is 5. The molecular weight excluding hydrogens is 422 g/mol. The number of nitrogens with one attached hydrogen (secondary N) is 1. The lowest BCUT2D eigenvalue weighted by Crippen LogP contribution is -2.19. The molecule has 2 amide bonds. The minimum atomic E-state index is -3.47. The molecule has 2 aliphatic carbocycles. The monoisotopic (exact) mass is 449 g/mol. The van der Waals surface area contributed by atoms with E-state index in [1.165, 1.54) is 6.20 Å². The summed E-state index contributed by atoms with van der Waals surface area (Å²) in [6, 6.07) is -0.732. The second-order valence-electron chi connectivity index (χ2n) is 8.39. The average molecular weight is 450 g/mol. The predicted octanol–water partition coefficient (Wildman–Crippen LogP) is 3.63. The molecule has 0 radical (unpaired) electrons. The first-order valence-corrected chi connectivity index (χ1v) is 12.6. The summed E-state index contributed by atoms with van der Waals surface area (Å²) in [6.45, 7) is 5.22. The highest BCUT2D eigenvalue weighted by Crippen LogP contribution is 2.47. The molecule has 2 aliphatic rings. The molecule has 0 aromatic carbocycles. The summed E-state index contributed by atoms with van der Waals surface area (Å²) in [4.78, 5) is 21.7. The fourth-order valence-corrected chi connectivity index (χ4v) is 5.91. The summed E-state index contributed by atoms with van der Waals surface area (Å²) in [6.07, 6.45) is 7.06. The third kappa shape index (κ3) is 4.14. The number of fused-ring (bicyclic) bond motifs is 1. The van der Waals surface area contributed by atoms with Gasteiger partial charge in [0.25, 0.3) is 0 Å². The van der Waals surface area contributed by atoms with Gasteiger partial charge in [0.05, 0.1) is 11.9 Å². The molecule has 162 valence electrons. The standard InChI is InChI=1S/C20H27N5O3S2/c1-4-13-16(11-8-9-11)17(12-6-5-7-14(12)23-13)24-19(26)25-30(21,28)15-10-22-18(29-15)20(2,3)27/h10-11,27H,4-9H2,1-3H3,(H3,21,23,24,25,26,28)/t30-/m1/s1. The SMILES string of the molecule is CCc1nc2c(c(NC(=O)N=[S@@](N)(=O)c3cnc(C(C)(C)O)s3)c1C1CC1)CCC2. The zero-order valence-corrected chi connectivity index (χ0v) is 19.0. The Kier molecular flexibility index (Phi) is 5.46. The molecule has 0 unspecified atom stereocenters. The highest BCUT2D eigenvalue weighted by molar-refractivity contribution is 7.93. The Hall–Kier alpha value is -1.88. The van der Waals surface area contributed by atoms with Crippen molar-refractivity contribution in [3.63, 3.8) is 0 Å². The van der Waals surface area contributed by atoms with Gasteiger partial charge in [-0.1, -0.05) is 6.92 Å². The number of anilines is 1. The highest BCUT2D eigenvalue weighted by Gasteiger charge is 2.33. The van der Waals surface area contributed by atoms with Gasteiger partial charge < -0.3 is 10.4 Å². The van der Waals surface area contributed by atoms with Crippen LogP contribution < -0.4 is 10.5 Å². The summed E-state index contributed by atoms with van der Waals surface area (Å²) in [5.41, 5.74) is 3.85. The van der Waals surface area contributed by atoms with Crippen LogP contribution in [-0.2, 0) is 34.8 Å². The van der Waals surface area contributed by atoms with E-state index in [0.29, 0.717) is 10.9 Å². The van der Waals surface area contributed by atoms with Crippen molar-refractivity contribution in [1.82, 2.24) is 9.97 Å². The fraction of sp³-hybridized carbons (Fsp3) is 0.550. The van der Waals surface area contributed by atoms with Crippen molar-refractivity contribution in [2.75, 3.05) is 5.32 Å². The molecule has 8 nitrogen and oxygen atoms in total. The Morgan fingerprint density at radius 3 is 2.77 bits per heavy atom. The van der Waals surface area contributed by atoms with Gasteiger partial charge in [-0.3, -0.25) is 4.98 Å². The molecule has 0 bridgehead atoms. The van der Waals surface area contributed by atoms with Crippen LogP contribution >= 0.6 is 11.3 Å².